The Bertz CT molecular complexity index is 895. The Balaban J connectivity index is 1.78. The van der Waals surface area contributed by atoms with Crippen molar-refractivity contribution < 1.29 is 27.9 Å². The van der Waals surface area contributed by atoms with E-state index in [2.05, 4.69) is 4.98 Å². The molecule has 2 heterocycles. The van der Waals surface area contributed by atoms with Crippen LogP contribution in [-0.2, 0) is 20.7 Å². The van der Waals surface area contributed by atoms with Crippen LogP contribution in [0, 0.1) is 0 Å². The molecule has 1 aromatic carbocycles. The number of hydrogen-bond acceptors (Lipinski definition) is 5. The second-order valence-corrected chi connectivity index (χ2v) is 6.27. The van der Waals surface area contributed by atoms with Gasteiger partial charge < -0.3 is 4.74 Å². The van der Waals surface area contributed by atoms with E-state index < -0.39 is 18.2 Å². The summed E-state index contributed by atoms with van der Waals surface area (Å²) in [7, 11) is 0. The molecule has 8 nitrogen and oxygen atoms in total. The summed E-state index contributed by atoms with van der Waals surface area (Å²) >= 11 is 0. The number of carbonyl (C=O) groups is 3. The van der Waals surface area contributed by atoms with E-state index in [0.29, 0.717) is 13.0 Å². The van der Waals surface area contributed by atoms with Gasteiger partial charge in [-0.15, -0.1) is 0 Å². The number of amides is 3. The maximum atomic E-state index is 12.5. The first kappa shape index (κ1) is 20.3. The normalized spacial score (nSPS) is 16.6. The summed E-state index contributed by atoms with van der Waals surface area (Å²) in [6.45, 7) is 0.178. The highest BCUT2D eigenvalue weighted by molar-refractivity contribution is 5.98. The Morgan fingerprint density at radius 2 is 1.97 bits per heavy atom. The largest absolute Gasteiger partial charge is 0.369 e. The Kier molecular flexibility index (Phi) is 6.45. The summed E-state index contributed by atoms with van der Waals surface area (Å²) < 4.78 is 29.8. The lowest BCUT2D eigenvalue weighted by Gasteiger charge is -2.35. The van der Waals surface area contributed by atoms with Crippen LogP contribution in [0.25, 0.3) is 0 Å². The minimum absolute atomic E-state index is 0.0438. The molecule has 1 aromatic heterocycles. The summed E-state index contributed by atoms with van der Waals surface area (Å²) in [6.07, 6.45) is -1.41. The molecule has 2 aromatic rings. The maximum Gasteiger partial charge on any atom is 0.317 e. The number of carbonyl (C=O) groups excluding carboxylic acids is 3. The number of nitrogens with zero attached hydrogens (tertiary/aromatic N) is 2. The second-order valence-electron chi connectivity index (χ2n) is 6.27. The molecule has 1 aliphatic heterocycles. The van der Waals surface area contributed by atoms with Gasteiger partial charge in [0.2, 0.25) is 0 Å². The number of alkyl halides is 2. The molecule has 2 N–H and O–H groups in total. The lowest BCUT2D eigenvalue weighted by molar-refractivity contribution is -0.132. The monoisotopic (exact) mass is 404 g/mol. The van der Waals surface area contributed by atoms with Gasteiger partial charge in [-0.3, -0.25) is 30.1 Å². The first-order valence-corrected chi connectivity index (χ1v) is 8.74. The highest BCUT2D eigenvalue weighted by atomic mass is 19.3. The fourth-order valence-corrected chi connectivity index (χ4v) is 2.92. The Hall–Kier alpha value is -3.40. The van der Waals surface area contributed by atoms with Crippen molar-refractivity contribution in [3.8, 4) is 0 Å². The predicted molar refractivity (Wildman–Crippen MR) is 98.1 cm³/mol. The van der Waals surface area contributed by atoms with E-state index in [1.54, 1.807) is 5.43 Å². The Morgan fingerprint density at radius 3 is 2.69 bits per heavy atom. The van der Waals surface area contributed by atoms with Crippen LogP contribution < -0.4 is 15.8 Å². The molecule has 0 aliphatic carbocycles. The highest BCUT2D eigenvalue weighted by Gasteiger charge is 2.31. The van der Waals surface area contributed by atoms with E-state index in [4.69, 9.17) is 4.74 Å². The van der Waals surface area contributed by atoms with Gasteiger partial charge >= 0.3 is 12.3 Å². The van der Waals surface area contributed by atoms with Crippen LogP contribution in [0.4, 0.5) is 14.6 Å². The van der Waals surface area contributed by atoms with Crippen molar-refractivity contribution in [1.82, 2.24) is 15.8 Å². The minimum Gasteiger partial charge on any atom is -0.369 e. The summed E-state index contributed by atoms with van der Waals surface area (Å²) in [4.78, 5) is 41.2. The molecule has 1 atom stereocenters. The molecule has 0 unspecified atom stereocenters. The van der Waals surface area contributed by atoms with E-state index >= 15 is 0 Å². The van der Waals surface area contributed by atoms with E-state index in [-0.39, 0.29) is 29.9 Å². The van der Waals surface area contributed by atoms with Gasteiger partial charge in [-0.05, 0) is 24.1 Å². The molecule has 0 radical (unpaired) electrons. The fraction of sp³-hybridized carbons (Fsp3) is 0.263. The summed E-state index contributed by atoms with van der Waals surface area (Å²) in [5.41, 5.74) is 4.57. The molecule has 29 heavy (non-hydrogen) atoms. The van der Waals surface area contributed by atoms with E-state index in [0.717, 1.165) is 5.56 Å². The zero-order chi connectivity index (χ0) is 20.8. The van der Waals surface area contributed by atoms with Crippen molar-refractivity contribution in [2.75, 3.05) is 18.1 Å². The number of halogens is 2. The molecule has 0 saturated carbocycles. The van der Waals surface area contributed by atoms with Crippen molar-refractivity contribution in [3.05, 3.63) is 59.8 Å². The van der Waals surface area contributed by atoms with Crippen LogP contribution in [-0.4, -0.2) is 48.4 Å². The number of hydrogen-bond donors (Lipinski definition) is 2. The number of hydrazine groups is 1. The molecular formula is C19H18F2N4O4. The standard InChI is InChI=1S/C19H18F2N4O4/c20-17(21)19(28)24-23-18(27)13-6-7-22-15(9-13)25-14(10-29-11-16(25)26)8-12-4-2-1-3-5-12/h1-7,9,14,17H,8,10-11H2,(H,23,27)(H,24,28)/t14-/m1/s1. The summed E-state index contributed by atoms with van der Waals surface area (Å²) in [5.74, 6) is -2.53. The van der Waals surface area contributed by atoms with Gasteiger partial charge in [0.15, 0.2) is 0 Å². The van der Waals surface area contributed by atoms with Crippen LogP contribution >= 0.6 is 0 Å². The SMILES string of the molecule is O=C(NNC(=O)C(F)F)c1ccnc(N2C(=O)COC[C@H]2Cc2ccccc2)c1. The first-order chi connectivity index (χ1) is 14.0. The van der Waals surface area contributed by atoms with Gasteiger partial charge in [-0.1, -0.05) is 30.3 Å². The average Bonchev–Trinajstić information content (AvgIpc) is 2.72. The molecule has 1 aliphatic rings. The van der Waals surface area contributed by atoms with Gasteiger partial charge in [0.05, 0.1) is 12.6 Å². The zero-order valence-electron chi connectivity index (χ0n) is 15.2. The number of benzene rings is 1. The van der Waals surface area contributed by atoms with Gasteiger partial charge in [-0.2, -0.15) is 8.78 Å². The molecule has 3 amide bonds. The van der Waals surface area contributed by atoms with Crippen LogP contribution in [0.15, 0.2) is 48.7 Å². The predicted octanol–water partition coefficient (Wildman–Crippen LogP) is 1.08. The fourth-order valence-electron chi connectivity index (χ4n) is 2.92. The van der Waals surface area contributed by atoms with E-state index in [9.17, 15) is 23.2 Å². The highest BCUT2D eigenvalue weighted by Crippen LogP contribution is 2.22. The molecule has 0 bridgehead atoms. The third kappa shape index (κ3) is 5.11. The molecule has 0 spiro atoms. The number of nitrogens with one attached hydrogen (secondary N) is 2. The van der Waals surface area contributed by atoms with Crippen LogP contribution in [0.1, 0.15) is 15.9 Å². The minimum atomic E-state index is -3.26. The van der Waals surface area contributed by atoms with Crippen molar-refractivity contribution in [1.29, 1.82) is 0 Å². The van der Waals surface area contributed by atoms with Crippen molar-refractivity contribution >= 4 is 23.5 Å². The zero-order valence-corrected chi connectivity index (χ0v) is 15.2. The Labute approximate surface area is 164 Å². The molecule has 1 saturated heterocycles. The lowest BCUT2D eigenvalue weighted by Crippen LogP contribution is -2.51. The molecule has 152 valence electrons. The quantitative estimate of drug-likeness (QED) is 0.727. The molecule has 3 rings (SSSR count). The number of anilines is 1. The molecule has 1 fully saturated rings. The molecular weight excluding hydrogens is 386 g/mol. The van der Waals surface area contributed by atoms with Crippen LogP contribution in [0.5, 0.6) is 0 Å². The van der Waals surface area contributed by atoms with E-state index in [1.807, 2.05) is 35.8 Å². The van der Waals surface area contributed by atoms with Crippen molar-refractivity contribution in [2.45, 2.75) is 18.9 Å². The maximum absolute atomic E-state index is 12.5. The van der Waals surface area contributed by atoms with Crippen LogP contribution in [0.3, 0.4) is 0 Å². The number of morpholine rings is 1. The number of rotatable bonds is 5. The molecule has 10 heteroatoms. The van der Waals surface area contributed by atoms with Crippen LogP contribution in [0.2, 0.25) is 0 Å². The van der Waals surface area contributed by atoms with Gasteiger partial charge in [0.1, 0.15) is 12.4 Å². The average molecular weight is 404 g/mol. The van der Waals surface area contributed by atoms with Gasteiger partial charge in [0, 0.05) is 11.8 Å². The summed E-state index contributed by atoms with van der Waals surface area (Å²) in [5, 5.41) is 0. The first-order valence-electron chi connectivity index (χ1n) is 8.74. The number of pyridine rings is 1. The number of ether oxygens (including phenoxy) is 1. The smallest absolute Gasteiger partial charge is 0.317 e. The van der Waals surface area contributed by atoms with E-state index in [1.165, 1.54) is 23.2 Å². The Morgan fingerprint density at radius 1 is 1.21 bits per heavy atom. The third-order valence-electron chi connectivity index (χ3n) is 4.24. The van der Waals surface area contributed by atoms with Gasteiger partial charge in [-0.25, -0.2) is 4.98 Å². The third-order valence-corrected chi connectivity index (χ3v) is 4.24. The van der Waals surface area contributed by atoms with Crippen molar-refractivity contribution in [2.24, 2.45) is 0 Å². The van der Waals surface area contributed by atoms with Crippen molar-refractivity contribution in [3.63, 3.8) is 0 Å². The number of aromatic nitrogens is 1. The lowest BCUT2D eigenvalue weighted by atomic mass is 10.0. The second kappa shape index (κ2) is 9.20. The topological polar surface area (TPSA) is 101 Å². The summed E-state index contributed by atoms with van der Waals surface area (Å²) in [6, 6.07) is 11.9. The van der Waals surface area contributed by atoms with Gasteiger partial charge in [0.25, 0.3) is 11.8 Å².